The molecule has 0 aromatic heterocycles. The van der Waals surface area contributed by atoms with E-state index in [1.165, 1.54) is 31.7 Å². The highest BCUT2D eigenvalue weighted by atomic mass is 35.5. The van der Waals surface area contributed by atoms with E-state index in [0.717, 1.165) is 24.8 Å². The van der Waals surface area contributed by atoms with Gasteiger partial charge in [-0.15, -0.1) is 0 Å². The molecular weight excluding hydrogens is 288 g/mol. The van der Waals surface area contributed by atoms with Gasteiger partial charge in [-0.05, 0) is 43.4 Å². The highest BCUT2D eigenvalue weighted by Crippen LogP contribution is 2.30. The summed E-state index contributed by atoms with van der Waals surface area (Å²) in [5.41, 5.74) is 0.794. The molecule has 2 rings (SSSR count). The number of nitrogens with zero attached hydrogens (tertiary/aromatic N) is 1. The number of benzene rings is 1. The van der Waals surface area contributed by atoms with Gasteiger partial charge in [0.25, 0.3) is 5.69 Å². The fourth-order valence-corrected chi connectivity index (χ4v) is 3.42. The average Bonchev–Trinajstić information content (AvgIpc) is 2.43. The molecule has 0 bridgehead atoms. The molecule has 2 atom stereocenters. The molecule has 0 spiro atoms. The van der Waals surface area contributed by atoms with Crippen LogP contribution in [0.25, 0.3) is 0 Å². The Morgan fingerprint density at radius 1 is 1.43 bits per heavy atom. The van der Waals surface area contributed by atoms with Crippen molar-refractivity contribution in [1.29, 1.82) is 0 Å². The topological polar surface area (TPSA) is 55.2 Å². The van der Waals surface area contributed by atoms with Crippen LogP contribution >= 0.6 is 11.6 Å². The van der Waals surface area contributed by atoms with Crippen molar-refractivity contribution in [2.24, 2.45) is 11.8 Å². The number of nitrogens with one attached hydrogen (secondary N) is 1. The van der Waals surface area contributed by atoms with Crippen LogP contribution in [0.3, 0.4) is 0 Å². The lowest BCUT2D eigenvalue weighted by Crippen LogP contribution is -2.21. The summed E-state index contributed by atoms with van der Waals surface area (Å²) in [7, 11) is 0. The lowest BCUT2D eigenvalue weighted by Gasteiger charge is -2.26. The lowest BCUT2D eigenvalue weighted by atomic mass is 9.81. The number of halogens is 1. The maximum Gasteiger partial charge on any atom is 0.273 e. The second kappa shape index (κ2) is 7.76. The third-order valence-corrected chi connectivity index (χ3v) is 4.56. The molecule has 0 heterocycles. The standard InChI is InChI=1S/C16H23ClN2O2/c1-12-3-2-4-13(9-12)7-8-18-11-14-10-15(17)5-6-16(14)19(20)21/h5-6,10,12-13,18H,2-4,7-9,11H2,1H3. The quantitative estimate of drug-likeness (QED) is 0.476. The zero-order valence-corrected chi connectivity index (χ0v) is 13.2. The molecular formula is C16H23ClN2O2. The van der Waals surface area contributed by atoms with Gasteiger partial charge in [0.15, 0.2) is 0 Å². The lowest BCUT2D eigenvalue weighted by molar-refractivity contribution is -0.385. The average molecular weight is 311 g/mol. The molecule has 1 aromatic rings. The van der Waals surface area contributed by atoms with Crippen LogP contribution < -0.4 is 5.32 Å². The van der Waals surface area contributed by atoms with Crippen molar-refractivity contribution in [2.45, 2.75) is 45.6 Å². The summed E-state index contributed by atoms with van der Waals surface area (Å²) < 4.78 is 0. The predicted molar refractivity (Wildman–Crippen MR) is 85.6 cm³/mol. The van der Waals surface area contributed by atoms with Gasteiger partial charge in [0.05, 0.1) is 4.92 Å². The minimum absolute atomic E-state index is 0.137. The summed E-state index contributed by atoms with van der Waals surface area (Å²) in [4.78, 5) is 10.6. The van der Waals surface area contributed by atoms with Crippen LogP contribution in [-0.4, -0.2) is 11.5 Å². The molecule has 1 aliphatic rings. The number of hydrogen-bond donors (Lipinski definition) is 1. The van der Waals surface area contributed by atoms with Crippen molar-refractivity contribution in [3.63, 3.8) is 0 Å². The summed E-state index contributed by atoms with van der Waals surface area (Å²) in [6.07, 6.45) is 6.49. The molecule has 1 aromatic carbocycles. The molecule has 0 amide bonds. The Kier molecular flexibility index (Phi) is 6.00. The number of nitro groups is 1. The van der Waals surface area contributed by atoms with Gasteiger partial charge in [-0.2, -0.15) is 0 Å². The Morgan fingerprint density at radius 2 is 2.24 bits per heavy atom. The smallest absolute Gasteiger partial charge is 0.273 e. The molecule has 0 saturated heterocycles. The third kappa shape index (κ3) is 4.97. The number of hydrogen-bond acceptors (Lipinski definition) is 3. The van der Waals surface area contributed by atoms with E-state index in [1.807, 2.05) is 0 Å². The molecule has 1 fully saturated rings. The number of rotatable bonds is 6. The van der Waals surface area contributed by atoms with Crippen LogP contribution in [0.15, 0.2) is 18.2 Å². The van der Waals surface area contributed by atoms with E-state index in [2.05, 4.69) is 12.2 Å². The molecule has 1 aliphatic carbocycles. The van der Waals surface area contributed by atoms with Crippen molar-refractivity contribution in [2.75, 3.05) is 6.54 Å². The second-order valence-electron chi connectivity index (χ2n) is 6.13. The maximum absolute atomic E-state index is 11.0. The largest absolute Gasteiger partial charge is 0.312 e. The Balaban J connectivity index is 1.80. The normalized spacial score (nSPS) is 22.2. The monoisotopic (exact) mass is 310 g/mol. The van der Waals surface area contributed by atoms with Crippen molar-refractivity contribution < 1.29 is 4.92 Å². The van der Waals surface area contributed by atoms with Gasteiger partial charge in [0, 0.05) is 23.2 Å². The van der Waals surface area contributed by atoms with Gasteiger partial charge in [-0.25, -0.2) is 0 Å². The van der Waals surface area contributed by atoms with E-state index in [-0.39, 0.29) is 10.6 Å². The van der Waals surface area contributed by atoms with Gasteiger partial charge >= 0.3 is 0 Å². The molecule has 4 nitrogen and oxygen atoms in total. The van der Waals surface area contributed by atoms with Crippen LogP contribution in [0.1, 0.15) is 44.6 Å². The molecule has 0 radical (unpaired) electrons. The van der Waals surface area contributed by atoms with Crippen LogP contribution in [0.4, 0.5) is 5.69 Å². The fraction of sp³-hybridized carbons (Fsp3) is 0.625. The van der Waals surface area contributed by atoms with Crippen LogP contribution in [-0.2, 0) is 6.54 Å². The first-order valence-electron chi connectivity index (χ1n) is 7.70. The first-order valence-corrected chi connectivity index (χ1v) is 8.07. The van der Waals surface area contributed by atoms with Crippen molar-refractivity contribution in [1.82, 2.24) is 5.32 Å². The van der Waals surface area contributed by atoms with Crippen LogP contribution in [0.5, 0.6) is 0 Å². The Bertz CT molecular complexity index is 493. The minimum atomic E-state index is -0.351. The summed E-state index contributed by atoms with van der Waals surface area (Å²) in [5, 5.41) is 14.8. The molecule has 21 heavy (non-hydrogen) atoms. The molecule has 116 valence electrons. The van der Waals surface area contributed by atoms with Crippen molar-refractivity contribution >= 4 is 17.3 Å². The van der Waals surface area contributed by atoms with E-state index in [4.69, 9.17) is 11.6 Å². The first-order chi connectivity index (χ1) is 10.1. The first kappa shape index (κ1) is 16.2. The van der Waals surface area contributed by atoms with Gasteiger partial charge in [-0.3, -0.25) is 10.1 Å². The predicted octanol–water partition coefficient (Wildman–Crippen LogP) is 4.55. The zero-order chi connectivity index (χ0) is 15.2. The summed E-state index contributed by atoms with van der Waals surface area (Å²) in [6.45, 7) is 3.73. The van der Waals surface area contributed by atoms with Crippen LogP contribution in [0, 0.1) is 22.0 Å². The van der Waals surface area contributed by atoms with Gasteiger partial charge < -0.3 is 5.32 Å². The Hall–Kier alpha value is -1.13. The third-order valence-electron chi connectivity index (χ3n) is 4.33. The van der Waals surface area contributed by atoms with Gasteiger partial charge in [0.1, 0.15) is 0 Å². The SMILES string of the molecule is CC1CCCC(CCNCc2cc(Cl)ccc2[N+](=O)[O-])C1. The Morgan fingerprint density at radius 3 is 2.95 bits per heavy atom. The van der Waals surface area contributed by atoms with Crippen molar-refractivity contribution in [3.05, 3.63) is 38.9 Å². The van der Waals surface area contributed by atoms with Crippen molar-refractivity contribution in [3.8, 4) is 0 Å². The van der Waals surface area contributed by atoms with E-state index < -0.39 is 0 Å². The number of nitro benzene ring substituents is 1. The summed E-state index contributed by atoms with van der Waals surface area (Å²) in [5.74, 6) is 1.65. The molecule has 2 unspecified atom stereocenters. The molecule has 5 heteroatoms. The van der Waals surface area contributed by atoms with E-state index in [9.17, 15) is 10.1 Å². The summed E-state index contributed by atoms with van der Waals surface area (Å²) in [6, 6.07) is 4.71. The Labute approximate surface area is 131 Å². The molecule has 1 saturated carbocycles. The second-order valence-corrected chi connectivity index (χ2v) is 6.57. The van der Waals surface area contributed by atoms with E-state index >= 15 is 0 Å². The van der Waals surface area contributed by atoms with Crippen LogP contribution in [0.2, 0.25) is 5.02 Å². The zero-order valence-electron chi connectivity index (χ0n) is 12.5. The van der Waals surface area contributed by atoms with Gasteiger partial charge in [-0.1, -0.05) is 37.8 Å². The summed E-state index contributed by atoms with van der Waals surface area (Å²) >= 11 is 5.92. The van der Waals surface area contributed by atoms with Gasteiger partial charge in [0.2, 0.25) is 0 Å². The minimum Gasteiger partial charge on any atom is -0.312 e. The molecule has 1 N–H and O–H groups in total. The maximum atomic E-state index is 11.0. The molecule has 0 aliphatic heterocycles. The highest BCUT2D eigenvalue weighted by Gasteiger charge is 2.18. The fourth-order valence-electron chi connectivity index (χ4n) is 3.22. The highest BCUT2D eigenvalue weighted by molar-refractivity contribution is 6.30. The van der Waals surface area contributed by atoms with E-state index in [0.29, 0.717) is 17.1 Å². The van der Waals surface area contributed by atoms with E-state index in [1.54, 1.807) is 12.1 Å².